The molecule has 0 aliphatic heterocycles. The SMILES string of the molecule is CC(C(=O)OCCN(C)C)c1ccc2c(c1)oc1ccc(Cl)cc12. The molecule has 0 amide bonds. The van der Waals surface area contributed by atoms with Gasteiger partial charge in [-0.15, -0.1) is 0 Å². The van der Waals surface area contributed by atoms with E-state index in [-0.39, 0.29) is 11.9 Å². The smallest absolute Gasteiger partial charge is 0.313 e. The van der Waals surface area contributed by atoms with Crippen LogP contribution in [0.15, 0.2) is 40.8 Å². The van der Waals surface area contributed by atoms with Gasteiger partial charge in [-0.1, -0.05) is 23.7 Å². The number of hydrogen-bond donors (Lipinski definition) is 0. The molecule has 5 heteroatoms. The monoisotopic (exact) mass is 345 g/mol. The summed E-state index contributed by atoms with van der Waals surface area (Å²) in [6, 6.07) is 11.4. The first kappa shape index (κ1) is 16.8. The Morgan fingerprint density at radius 3 is 2.71 bits per heavy atom. The molecule has 24 heavy (non-hydrogen) atoms. The van der Waals surface area contributed by atoms with E-state index in [1.54, 1.807) is 6.07 Å². The summed E-state index contributed by atoms with van der Waals surface area (Å²) in [5.74, 6) is -0.566. The van der Waals surface area contributed by atoms with Crippen LogP contribution in [0, 0.1) is 0 Å². The summed E-state index contributed by atoms with van der Waals surface area (Å²) in [5.41, 5.74) is 2.41. The van der Waals surface area contributed by atoms with Crippen molar-refractivity contribution in [2.75, 3.05) is 27.2 Å². The van der Waals surface area contributed by atoms with Gasteiger partial charge in [0.2, 0.25) is 0 Å². The van der Waals surface area contributed by atoms with E-state index in [9.17, 15) is 4.79 Å². The standard InChI is InChI=1S/C19H20ClNO3/c1-12(19(22)23-9-8-21(2)3)13-4-6-15-16-11-14(20)5-7-17(16)24-18(15)10-13/h4-7,10-12H,8-9H2,1-3H3. The number of rotatable bonds is 5. The Hall–Kier alpha value is -2.04. The molecule has 0 bridgehead atoms. The Bertz CT molecular complexity index is 885. The average Bonchev–Trinajstić information content (AvgIpc) is 2.90. The lowest BCUT2D eigenvalue weighted by molar-refractivity contribution is -0.145. The van der Waals surface area contributed by atoms with E-state index in [0.717, 1.165) is 27.5 Å². The zero-order chi connectivity index (χ0) is 17.3. The van der Waals surface area contributed by atoms with Crippen LogP contribution in [-0.2, 0) is 9.53 Å². The normalized spacial score (nSPS) is 12.9. The number of benzene rings is 2. The fourth-order valence-electron chi connectivity index (χ4n) is 2.63. The van der Waals surface area contributed by atoms with Gasteiger partial charge in [0.05, 0.1) is 5.92 Å². The predicted molar refractivity (Wildman–Crippen MR) is 96.7 cm³/mol. The van der Waals surface area contributed by atoms with E-state index in [1.807, 2.05) is 56.3 Å². The highest BCUT2D eigenvalue weighted by Crippen LogP contribution is 2.32. The van der Waals surface area contributed by atoms with Crippen LogP contribution < -0.4 is 0 Å². The highest BCUT2D eigenvalue weighted by molar-refractivity contribution is 6.31. The van der Waals surface area contributed by atoms with Gasteiger partial charge in [-0.2, -0.15) is 0 Å². The molecule has 0 fully saturated rings. The topological polar surface area (TPSA) is 42.7 Å². The lowest BCUT2D eigenvalue weighted by atomic mass is 10.00. The van der Waals surface area contributed by atoms with Gasteiger partial charge < -0.3 is 14.1 Å². The maximum absolute atomic E-state index is 12.2. The molecule has 1 atom stereocenters. The number of esters is 1. The van der Waals surface area contributed by atoms with Crippen molar-refractivity contribution in [1.29, 1.82) is 0 Å². The van der Waals surface area contributed by atoms with Crippen LogP contribution in [0.25, 0.3) is 21.9 Å². The minimum Gasteiger partial charge on any atom is -0.464 e. The molecule has 0 spiro atoms. The number of carbonyl (C=O) groups is 1. The van der Waals surface area contributed by atoms with Gasteiger partial charge >= 0.3 is 5.97 Å². The third-order valence-electron chi connectivity index (χ3n) is 4.09. The molecule has 3 rings (SSSR count). The molecule has 4 nitrogen and oxygen atoms in total. The zero-order valence-electron chi connectivity index (χ0n) is 14.0. The van der Waals surface area contributed by atoms with Crippen LogP contribution in [0.1, 0.15) is 18.4 Å². The Balaban J connectivity index is 1.84. The molecule has 1 unspecified atom stereocenters. The van der Waals surface area contributed by atoms with Crippen LogP contribution in [0.3, 0.4) is 0 Å². The number of likely N-dealkylation sites (N-methyl/N-ethyl adjacent to an activating group) is 1. The summed E-state index contributed by atoms with van der Waals surface area (Å²) >= 11 is 6.06. The van der Waals surface area contributed by atoms with E-state index < -0.39 is 0 Å². The summed E-state index contributed by atoms with van der Waals surface area (Å²) in [5, 5.41) is 2.64. The molecule has 2 aromatic carbocycles. The molecular weight excluding hydrogens is 326 g/mol. The molecule has 0 aliphatic carbocycles. The van der Waals surface area contributed by atoms with Gasteiger partial charge in [-0.3, -0.25) is 4.79 Å². The Labute approximate surface area is 145 Å². The van der Waals surface area contributed by atoms with E-state index in [2.05, 4.69) is 0 Å². The molecule has 3 aromatic rings. The number of carbonyl (C=O) groups excluding carboxylic acids is 1. The fourth-order valence-corrected chi connectivity index (χ4v) is 2.80. The van der Waals surface area contributed by atoms with Crippen LogP contribution >= 0.6 is 11.6 Å². The molecule has 0 aliphatic rings. The van der Waals surface area contributed by atoms with Gasteiger partial charge in [0.1, 0.15) is 17.8 Å². The van der Waals surface area contributed by atoms with Crippen molar-refractivity contribution in [1.82, 2.24) is 4.90 Å². The first-order valence-corrected chi connectivity index (χ1v) is 8.26. The highest BCUT2D eigenvalue weighted by Gasteiger charge is 2.18. The minimum absolute atomic E-state index is 0.227. The molecule has 1 aromatic heterocycles. The number of hydrogen-bond acceptors (Lipinski definition) is 4. The zero-order valence-corrected chi connectivity index (χ0v) is 14.8. The van der Waals surface area contributed by atoms with Crippen molar-refractivity contribution in [3.63, 3.8) is 0 Å². The van der Waals surface area contributed by atoms with Crippen molar-refractivity contribution in [3.05, 3.63) is 47.0 Å². The number of ether oxygens (including phenoxy) is 1. The number of nitrogens with zero attached hydrogens (tertiary/aromatic N) is 1. The quantitative estimate of drug-likeness (QED) is 0.641. The van der Waals surface area contributed by atoms with E-state index in [0.29, 0.717) is 18.2 Å². The Morgan fingerprint density at radius 2 is 1.96 bits per heavy atom. The van der Waals surface area contributed by atoms with Gasteiger partial charge in [0.25, 0.3) is 0 Å². The second-order valence-electron chi connectivity index (χ2n) is 6.19. The lowest BCUT2D eigenvalue weighted by Gasteiger charge is -2.14. The largest absolute Gasteiger partial charge is 0.464 e. The van der Waals surface area contributed by atoms with Crippen molar-refractivity contribution < 1.29 is 13.9 Å². The summed E-state index contributed by atoms with van der Waals surface area (Å²) in [6.45, 7) is 2.95. The Morgan fingerprint density at radius 1 is 1.17 bits per heavy atom. The van der Waals surface area contributed by atoms with Crippen LogP contribution in [0.5, 0.6) is 0 Å². The van der Waals surface area contributed by atoms with Gasteiger partial charge in [0.15, 0.2) is 0 Å². The van der Waals surface area contributed by atoms with E-state index in [1.165, 1.54) is 0 Å². The summed E-state index contributed by atoms with van der Waals surface area (Å²) in [7, 11) is 3.89. The first-order valence-electron chi connectivity index (χ1n) is 7.89. The van der Waals surface area contributed by atoms with Crippen molar-refractivity contribution in [2.24, 2.45) is 0 Å². The summed E-state index contributed by atoms with van der Waals surface area (Å²) in [4.78, 5) is 14.2. The lowest BCUT2D eigenvalue weighted by Crippen LogP contribution is -2.22. The average molecular weight is 346 g/mol. The van der Waals surface area contributed by atoms with Crippen molar-refractivity contribution in [3.8, 4) is 0 Å². The molecule has 0 saturated carbocycles. The van der Waals surface area contributed by atoms with Gasteiger partial charge in [-0.25, -0.2) is 0 Å². The molecular formula is C19H20ClNO3. The third kappa shape index (κ3) is 3.40. The molecule has 0 saturated heterocycles. The maximum atomic E-state index is 12.2. The summed E-state index contributed by atoms with van der Waals surface area (Å²) < 4.78 is 11.2. The highest BCUT2D eigenvalue weighted by atomic mass is 35.5. The maximum Gasteiger partial charge on any atom is 0.313 e. The third-order valence-corrected chi connectivity index (χ3v) is 4.33. The number of halogens is 1. The summed E-state index contributed by atoms with van der Waals surface area (Å²) in [6.07, 6.45) is 0. The van der Waals surface area contributed by atoms with E-state index in [4.69, 9.17) is 20.8 Å². The van der Waals surface area contributed by atoms with Gasteiger partial charge in [-0.05, 0) is 50.8 Å². The molecule has 0 radical (unpaired) electrons. The van der Waals surface area contributed by atoms with Crippen LogP contribution in [-0.4, -0.2) is 38.1 Å². The van der Waals surface area contributed by atoms with Crippen LogP contribution in [0.2, 0.25) is 5.02 Å². The molecule has 1 heterocycles. The number of furan rings is 1. The second-order valence-corrected chi connectivity index (χ2v) is 6.63. The number of fused-ring (bicyclic) bond motifs is 3. The first-order chi connectivity index (χ1) is 11.5. The fraction of sp³-hybridized carbons (Fsp3) is 0.316. The van der Waals surface area contributed by atoms with Crippen molar-refractivity contribution >= 4 is 39.5 Å². The van der Waals surface area contributed by atoms with Crippen molar-refractivity contribution in [2.45, 2.75) is 12.8 Å². The van der Waals surface area contributed by atoms with Crippen LogP contribution in [0.4, 0.5) is 0 Å². The van der Waals surface area contributed by atoms with E-state index >= 15 is 0 Å². The molecule has 0 N–H and O–H groups in total. The minimum atomic E-state index is -0.339. The predicted octanol–water partition coefficient (Wildman–Crippen LogP) is 4.45. The second kappa shape index (κ2) is 6.83. The molecule has 126 valence electrons. The Kier molecular flexibility index (Phi) is 4.78. The van der Waals surface area contributed by atoms with Gasteiger partial charge in [0, 0.05) is 22.3 Å².